The van der Waals surface area contributed by atoms with Crippen LogP contribution in [-0.2, 0) is 20.7 Å². The van der Waals surface area contributed by atoms with Crippen molar-refractivity contribution in [1.29, 1.82) is 0 Å². The highest BCUT2D eigenvalue weighted by atomic mass is 79.9. The van der Waals surface area contributed by atoms with E-state index in [1.165, 1.54) is 17.6 Å². The molecule has 1 aromatic carbocycles. The average molecular weight is 567 g/mol. The van der Waals surface area contributed by atoms with Crippen molar-refractivity contribution < 1.29 is 19.1 Å². The Hall–Kier alpha value is -2.23. The van der Waals surface area contributed by atoms with Crippen molar-refractivity contribution in [3.63, 3.8) is 0 Å². The van der Waals surface area contributed by atoms with Gasteiger partial charge in [-0.15, -0.1) is 0 Å². The number of rotatable bonds is 15. The normalized spacial score (nSPS) is 13.0. The van der Waals surface area contributed by atoms with Gasteiger partial charge < -0.3 is 14.4 Å². The molecule has 0 aliphatic rings. The van der Waals surface area contributed by atoms with E-state index in [0.717, 1.165) is 43.4 Å². The van der Waals surface area contributed by atoms with Crippen molar-refractivity contribution in [2.24, 2.45) is 5.92 Å². The fourth-order valence-electron chi connectivity index (χ4n) is 3.58. The largest absolute Gasteiger partial charge is 0.497 e. The van der Waals surface area contributed by atoms with Crippen LogP contribution in [0.1, 0.15) is 57.4 Å². The molecule has 0 N–H and O–H groups in total. The van der Waals surface area contributed by atoms with Gasteiger partial charge in [-0.25, -0.2) is 4.79 Å². The summed E-state index contributed by atoms with van der Waals surface area (Å²) in [6, 6.07) is 6.77. The van der Waals surface area contributed by atoms with Gasteiger partial charge in [-0.3, -0.25) is 4.79 Å². The van der Waals surface area contributed by atoms with Crippen LogP contribution in [-0.4, -0.2) is 44.1 Å². The number of likely N-dealkylation sites (N-methyl/N-ethyl adjacent to an activating group) is 1. The summed E-state index contributed by atoms with van der Waals surface area (Å²) in [7, 11) is 4.60. The zero-order chi connectivity index (χ0) is 26.1. The van der Waals surface area contributed by atoms with Gasteiger partial charge in [-0.05, 0) is 60.5 Å². The van der Waals surface area contributed by atoms with Crippen LogP contribution in [0.3, 0.4) is 0 Å². The fraction of sp³-hybridized carbons (Fsp3) is 0.500. The summed E-state index contributed by atoms with van der Waals surface area (Å²) in [5.41, 5.74) is 3.86. The maximum Gasteiger partial charge on any atom is 0.328 e. The maximum atomic E-state index is 12.8. The van der Waals surface area contributed by atoms with E-state index in [4.69, 9.17) is 21.1 Å². The van der Waals surface area contributed by atoms with Crippen LogP contribution in [0.4, 0.5) is 0 Å². The Morgan fingerprint density at radius 2 is 1.89 bits per heavy atom. The number of esters is 1. The molecule has 0 fully saturated rings. The summed E-state index contributed by atoms with van der Waals surface area (Å²) in [6.45, 7) is 2.16. The minimum Gasteiger partial charge on any atom is -0.497 e. The average Bonchev–Trinajstić information content (AvgIpc) is 2.88. The SMILES string of the molecule is COC(=O)C(Cc1ccc(OC)cc1)N(C)C(=O)CC/C=C/[C@H](C)CC/C(=C\Cl)CCCC#CBr. The second kappa shape index (κ2) is 18.1. The molecule has 0 aromatic heterocycles. The molecule has 0 bridgehead atoms. The molecule has 5 nitrogen and oxygen atoms in total. The van der Waals surface area contributed by atoms with Crippen LogP contribution in [0.2, 0.25) is 0 Å². The number of carbonyl (C=O) groups excluding carboxylic acids is 2. The first-order valence-electron chi connectivity index (χ1n) is 11.9. The predicted octanol–water partition coefficient (Wildman–Crippen LogP) is 6.64. The first kappa shape index (κ1) is 30.8. The van der Waals surface area contributed by atoms with Crippen molar-refractivity contribution in [3.05, 3.63) is 53.1 Å². The lowest BCUT2D eigenvalue weighted by atomic mass is 9.98. The molecule has 7 heteroatoms. The van der Waals surface area contributed by atoms with Crippen LogP contribution in [0.5, 0.6) is 5.75 Å². The van der Waals surface area contributed by atoms with Gasteiger partial charge in [0.1, 0.15) is 11.8 Å². The first-order valence-corrected chi connectivity index (χ1v) is 13.1. The van der Waals surface area contributed by atoms with E-state index in [1.807, 2.05) is 30.3 Å². The Labute approximate surface area is 224 Å². The highest BCUT2D eigenvalue weighted by molar-refractivity contribution is 9.12. The summed E-state index contributed by atoms with van der Waals surface area (Å²) in [6.07, 6.45) is 10.3. The topological polar surface area (TPSA) is 55.8 Å². The Morgan fingerprint density at radius 3 is 2.49 bits per heavy atom. The molecule has 0 saturated carbocycles. The van der Waals surface area contributed by atoms with Crippen molar-refractivity contribution in [2.75, 3.05) is 21.3 Å². The molecule has 0 heterocycles. The molecule has 0 aliphatic heterocycles. The van der Waals surface area contributed by atoms with Gasteiger partial charge in [0, 0.05) is 47.8 Å². The molecule has 1 aromatic rings. The third-order valence-corrected chi connectivity index (χ3v) is 6.44. The number of carbonyl (C=O) groups is 2. The van der Waals surface area contributed by atoms with Crippen LogP contribution >= 0.6 is 27.5 Å². The Kier molecular flexibility index (Phi) is 15.9. The molecule has 35 heavy (non-hydrogen) atoms. The highest BCUT2D eigenvalue weighted by Gasteiger charge is 2.27. The minimum absolute atomic E-state index is 0.0925. The lowest BCUT2D eigenvalue weighted by molar-refractivity contribution is -0.151. The number of hydrogen-bond donors (Lipinski definition) is 0. The second-order valence-electron chi connectivity index (χ2n) is 8.47. The molecule has 192 valence electrons. The number of amides is 1. The number of hydrogen-bond acceptors (Lipinski definition) is 4. The van der Waals surface area contributed by atoms with Gasteiger partial charge in [-0.2, -0.15) is 0 Å². The molecule has 0 saturated heterocycles. The van der Waals surface area contributed by atoms with Gasteiger partial charge in [0.25, 0.3) is 0 Å². The molecular formula is C28H37BrClNO4. The van der Waals surface area contributed by atoms with Crippen LogP contribution in [0.15, 0.2) is 47.5 Å². The Balaban J connectivity index is 2.52. The molecule has 1 unspecified atom stereocenters. The molecule has 1 amide bonds. The number of halogens is 2. The van der Waals surface area contributed by atoms with Gasteiger partial charge in [-0.1, -0.05) is 54.3 Å². The van der Waals surface area contributed by atoms with Crippen LogP contribution in [0, 0.1) is 16.7 Å². The van der Waals surface area contributed by atoms with Gasteiger partial charge in [0.2, 0.25) is 5.91 Å². The van der Waals surface area contributed by atoms with Crippen molar-refractivity contribution in [1.82, 2.24) is 4.90 Å². The molecule has 0 spiro atoms. The number of nitrogens with zero attached hydrogens (tertiary/aromatic N) is 1. The lowest BCUT2D eigenvalue weighted by Crippen LogP contribution is -2.44. The summed E-state index contributed by atoms with van der Waals surface area (Å²) >= 11 is 9.08. The van der Waals surface area contributed by atoms with Gasteiger partial charge in [0.05, 0.1) is 14.2 Å². The molecular weight excluding hydrogens is 530 g/mol. The van der Waals surface area contributed by atoms with E-state index in [-0.39, 0.29) is 5.91 Å². The Morgan fingerprint density at radius 1 is 1.17 bits per heavy atom. The number of allylic oxidation sites excluding steroid dienone is 3. The Bertz CT molecular complexity index is 902. The number of ether oxygens (including phenoxy) is 2. The third-order valence-electron chi connectivity index (χ3n) is 5.85. The highest BCUT2D eigenvalue weighted by Crippen LogP contribution is 2.20. The van der Waals surface area contributed by atoms with E-state index >= 15 is 0 Å². The van der Waals surface area contributed by atoms with Gasteiger partial charge in [0.15, 0.2) is 0 Å². The summed E-state index contributed by atoms with van der Waals surface area (Å²) in [5, 5.41) is 0. The minimum atomic E-state index is -0.676. The van der Waals surface area contributed by atoms with Gasteiger partial charge >= 0.3 is 5.97 Å². The molecule has 1 rings (SSSR count). The van der Waals surface area contributed by atoms with E-state index < -0.39 is 12.0 Å². The number of benzene rings is 1. The fourth-order valence-corrected chi connectivity index (χ4v) is 4.00. The lowest BCUT2D eigenvalue weighted by Gasteiger charge is -2.26. The van der Waals surface area contributed by atoms with Crippen molar-refractivity contribution >= 4 is 39.4 Å². The standard InChI is InChI=1S/C28H37BrClNO4/c1-22(13-14-24(21-30)11-6-5-9-19-29)10-7-8-12-27(32)31(2)26(28(33)35-4)20-23-15-17-25(34-3)18-16-23/h7,10,15-18,21-22,26H,5-6,8,11-14,20H2,1-4H3/b10-7+,24-21-/t22-,26?/m0/s1. The van der Waals surface area contributed by atoms with Crippen LogP contribution in [0.25, 0.3) is 0 Å². The first-order chi connectivity index (χ1) is 16.9. The molecule has 0 radical (unpaired) electrons. The predicted molar refractivity (Wildman–Crippen MR) is 147 cm³/mol. The third kappa shape index (κ3) is 12.3. The zero-order valence-corrected chi connectivity index (χ0v) is 23.5. The monoisotopic (exact) mass is 565 g/mol. The molecule has 2 atom stereocenters. The maximum absolute atomic E-state index is 12.8. The van der Waals surface area contributed by atoms with Crippen molar-refractivity contribution in [2.45, 2.75) is 64.3 Å². The molecule has 0 aliphatic carbocycles. The zero-order valence-electron chi connectivity index (χ0n) is 21.2. The van der Waals surface area contributed by atoms with E-state index in [9.17, 15) is 9.59 Å². The quantitative estimate of drug-likeness (QED) is 0.103. The second-order valence-corrected chi connectivity index (χ2v) is 9.09. The number of methoxy groups -OCH3 is 2. The summed E-state index contributed by atoms with van der Waals surface area (Å²) in [4.78, 5) is 29.4. The summed E-state index contributed by atoms with van der Waals surface area (Å²) < 4.78 is 10.1. The van der Waals surface area contributed by atoms with E-state index in [1.54, 1.807) is 19.7 Å². The van der Waals surface area contributed by atoms with Crippen LogP contribution < -0.4 is 4.74 Å². The van der Waals surface area contributed by atoms with Crippen molar-refractivity contribution in [3.8, 4) is 16.5 Å². The number of unbranched alkanes of at least 4 members (excludes halogenated alkanes) is 1. The van der Waals surface area contributed by atoms with E-state index in [0.29, 0.717) is 25.2 Å². The smallest absolute Gasteiger partial charge is 0.328 e. The summed E-state index contributed by atoms with van der Waals surface area (Å²) in [5.74, 6) is 3.60. The van der Waals surface area contributed by atoms with E-state index in [2.05, 4.69) is 39.7 Å².